The van der Waals surface area contributed by atoms with Crippen molar-refractivity contribution in [1.29, 1.82) is 0 Å². The van der Waals surface area contributed by atoms with Crippen molar-refractivity contribution < 1.29 is 34.7 Å². The summed E-state index contributed by atoms with van der Waals surface area (Å²) in [7, 11) is 0. The Balaban J connectivity index is 1.38. The van der Waals surface area contributed by atoms with Crippen LogP contribution in [0.2, 0.25) is 0 Å². The Morgan fingerprint density at radius 1 is 1.05 bits per heavy atom. The number of aryl methyl sites for hydroxylation is 2. The van der Waals surface area contributed by atoms with E-state index >= 15 is 0 Å². The van der Waals surface area contributed by atoms with Gasteiger partial charge in [-0.05, 0) is 43.2 Å². The van der Waals surface area contributed by atoms with Crippen molar-refractivity contribution in [2.45, 2.75) is 49.4 Å². The monoisotopic (exact) mass is 536 g/mol. The van der Waals surface area contributed by atoms with Crippen LogP contribution in [0, 0.1) is 13.8 Å². The van der Waals surface area contributed by atoms with Crippen LogP contribution in [0.4, 0.5) is 5.69 Å². The van der Waals surface area contributed by atoms with E-state index in [0.717, 1.165) is 37.7 Å². The number of nitrogens with one attached hydrogen (secondary N) is 1. The molecule has 6 rings (SSSR count). The van der Waals surface area contributed by atoms with E-state index in [9.17, 15) is 25.2 Å². The molecule has 38 heavy (non-hydrogen) atoms. The molecule has 0 aliphatic carbocycles. The summed E-state index contributed by atoms with van der Waals surface area (Å²) >= 11 is 1.55. The lowest BCUT2D eigenvalue weighted by atomic mass is 9.99. The molecule has 2 aliphatic heterocycles. The molecule has 4 aromatic rings. The zero-order chi connectivity index (χ0) is 26.7. The number of aromatic amines is 1. The molecule has 0 bridgehead atoms. The van der Waals surface area contributed by atoms with E-state index in [2.05, 4.69) is 11.1 Å². The van der Waals surface area contributed by atoms with Gasteiger partial charge in [-0.1, -0.05) is 24.3 Å². The summed E-state index contributed by atoms with van der Waals surface area (Å²) in [6.45, 7) is 3.52. The number of carbonyl (C=O) groups excluding carboxylic acids is 1. The third-order valence-electron chi connectivity index (χ3n) is 7.37. The molecule has 0 saturated carbocycles. The van der Waals surface area contributed by atoms with Crippen LogP contribution >= 0.6 is 11.8 Å². The van der Waals surface area contributed by atoms with Gasteiger partial charge < -0.3 is 34.9 Å². The minimum absolute atomic E-state index is 0.183. The molecule has 0 radical (unpaired) electrons. The molecular formula is C28H28N2O7S. The third kappa shape index (κ3) is 4.05. The maximum absolute atomic E-state index is 13.7. The number of anilines is 1. The topological polar surface area (TPSA) is 135 Å². The fourth-order valence-electron chi connectivity index (χ4n) is 5.07. The smallest absolute Gasteiger partial charge is 0.275 e. The number of nitrogens with zero attached hydrogens (tertiary/aromatic N) is 1. The van der Waals surface area contributed by atoms with Gasteiger partial charge in [-0.15, -0.1) is 11.8 Å². The molecule has 1 aromatic heterocycles. The number of amides is 1. The maximum atomic E-state index is 13.7. The SMILES string of the molecule is Cc1cc2cc(C(=O)N3CSc4c3cc(OC3OC(CO)C(O)C(O)C3O)c3ccccc43)[nH]c2cc1C. The largest absolute Gasteiger partial charge is 0.461 e. The Bertz CT molecular complexity index is 1510. The second-order valence-corrected chi connectivity index (χ2v) is 10.8. The van der Waals surface area contributed by atoms with Crippen molar-refractivity contribution >= 4 is 45.0 Å². The zero-order valence-electron chi connectivity index (χ0n) is 20.8. The average molecular weight is 537 g/mol. The van der Waals surface area contributed by atoms with E-state index < -0.39 is 37.3 Å². The molecule has 1 fully saturated rings. The number of aliphatic hydroxyl groups excluding tert-OH is 4. The van der Waals surface area contributed by atoms with Crippen LogP contribution in [-0.4, -0.2) is 74.5 Å². The molecule has 3 heterocycles. The first kappa shape index (κ1) is 25.2. The van der Waals surface area contributed by atoms with Crippen molar-refractivity contribution in [3.63, 3.8) is 0 Å². The van der Waals surface area contributed by atoms with Gasteiger partial charge in [-0.3, -0.25) is 9.69 Å². The van der Waals surface area contributed by atoms with Crippen LogP contribution in [0.5, 0.6) is 5.75 Å². The number of rotatable bonds is 4. The molecular weight excluding hydrogens is 508 g/mol. The van der Waals surface area contributed by atoms with E-state index in [1.165, 1.54) is 0 Å². The van der Waals surface area contributed by atoms with Crippen molar-refractivity contribution in [2.24, 2.45) is 0 Å². The predicted molar refractivity (Wildman–Crippen MR) is 144 cm³/mol. The number of ether oxygens (including phenoxy) is 2. The second-order valence-electron chi connectivity index (χ2n) is 9.80. The molecule has 1 amide bonds. The molecule has 9 nitrogen and oxygen atoms in total. The number of aromatic nitrogens is 1. The number of hydrogen-bond acceptors (Lipinski definition) is 8. The van der Waals surface area contributed by atoms with Crippen LogP contribution < -0.4 is 9.64 Å². The van der Waals surface area contributed by atoms with Crippen molar-refractivity contribution in [3.8, 4) is 5.75 Å². The molecule has 5 atom stereocenters. The van der Waals surface area contributed by atoms with Gasteiger partial charge in [0.05, 0.1) is 18.2 Å². The second kappa shape index (κ2) is 9.57. The van der Waals surface area contributed by atoms with E-state index in [4.69, 9.17) is 9.47 Å². The lowest BCUT2D eigenvalue weighted by Gasteiger charge is -2.39. The van der Waals surface area contributed by atoms with Crippen molar-refractivity contribution in [2.75, 3.05) is 17.4 Å². The molecule has 3 aromatic carbocycles. The van der Waals surface area contributed by atoms with Crippen LogP contribution in [0.25, 0.3) is 21.7 Å². The predicted octanol–water partition coefficient (Wildman–Crippen LogP) is 2.83. The highest BCUT2D eigenvalue weighted by atomic mass is 32.2. The number of aliphatic hydroxyl groups is 4. The average Bonchev–Trinajstić information content (AvgIpc) is 3.53. The summed E-state index contributed by atoms with van der Waals surface area (Å²) in [4.78, 5) is 19.5. The molecule has 198 valence electrons. The Hall–Kier alpha value is -3.12. The maximum Gasteiger partial charge on any atom is 0.275 e. The number of fused-ring (bicyclic) bond motifs is 4. The summed E-state index contributed by atoms with van der Waals surface area (Å²) in [6, 6.07) is 15.2. The Morgan fingerprint density at radius 2 is 1.79 bits per heavy atom. The fourth-order valence-corrected chi connectivity index (χ4v) is 6.24. The molecule has 5 N–H and O–H groups in total. The Labute approximate surface area is 222 Å². The summed E-state index contributed by atoms with van der Waals surface area (Å²) in [5, 5.41) is 43.0. The third-order valence-corrected chi connectivity index (χ3v) is 8.47. The van der Waals surface area contributed by atoms with Gasteiger partial charge in [-0.2, -0.15) is 0 Å². The van der Waals surface area contributed by atoms with Gasteiger partial charge in [-0.25, -0.2) is 0 Å². The van der Waals surface area contributed by atoms with E-state index in [1.54, 1.807) is 22.7 Å². The fraction of sp³-hybridized carbons (Fsp3) is 0.321. The van der Waals surface area contributed by atoms with Crippen LogP contribution in [0.3, 0.4) is 0 Å². The number of benzene rings is 3. The van der Waals surface area contributed by atoms with E-state index in [-0.39, 0.29) is 5.91 Å². The molecule has 1 saturated heterocycles. The summed E-state index contributed by atoms with van der Waals surface area (Å²) in [5.74, 6) is 0.568. The highest BCUT2D eigenvalue weighted by Gasteiger charge is 2.45. The molecule has 2 aliphatic rings. The van der Waals surface area contributed by atoms with Crippen LogP contribution in [0.1, 0.15) is 21.6 Å². The normalized spacial score (nSPS) is 25.2. The lowest BCUT2D eigenvalue weighted by Crippen LogP contribution is -2.60. The standard InChI is InChI=1S/C28H28N2O7S/c1-13-7-15-9-19(29-18(15)8-14(13)2)27(35)30-12-38-26-17-6-4-3-5-16(17)21(10-20(26)30)36-28-25(34)24(33)23(32)22(11-31)37-28/h3-10,22-25,28-29,31-34H,11-12H2,1-2H3. The Morgan fingerprint density at radius 3 is 2.55 bits per heavy atom. The van der Waals surface area contributed by atoms with Gasteiger partial charge >= 0.3 is 0 Å². The number of thioether (sulfide) groups is 1. The van der Waals surface area contributed by atoms with Gasteiger partial charge in [0.25, 0.3) is 5.91 Å². The molecule has 0 spiro atoms. The quantitative estimate of drug-likeness (QED) is 0.269. The first-order valence-corrected chi connectivity index (χ1v) is 13.3. The summed E-state index contributed by atoms with van der Waals surface area (Å²) in [5.41, 5.74) is 4.32. The highest BCUT2D eigenvalue weighted by molar-refractivity contribution is 8.00. The first-order chi connectivity index (χ1) is 18.3. The van der Waals surface area contributed by atoms with Gasteiger partial charge in [0, 0.05) is 32.6 Å². The van der Waals surface area contributed by atoms with Gasteiger partial charge in [0.2, 0.25) is 6.29 Å². The number of H-pyrrole nitrogens is 1. The minimum atomic E-state index is -1.56. The minimum Gasteiger partial charge on any atom is -0.461 e. The lowest BCUT2D eigenvalue weighted by molar-refractivity contribution is -0.277. The highest BCUT2D eigenvalue weighted by Crippen LogP contribution is 2.48. The van der Waals surface area contributed by atoms with Gasteiger partial charge in [0.15, 0.2) is 0 Å². The van der Waals surface area contributed by atoms with Crippen molar-refractivity contribution in [3.05, 3.63) is 65.4 Å². The first-order valence-electron chi connectivity index (χ1n) is 12.3. The van der Waals surface area contributed by atoms with Crippen LogP contribution in [-0.2, 0) is 4.74 Å². The number of hydrogen-bond donors (Lipinski definition) is 5. The van der Waals surface area contributed by atoms with Crippen molar-refractivity contribution in [1.82, 2.24) is 4.98 Å². The summed E-state index contributed by atoms with van der Waals surface area (Å²) < 4.78 is 11.6. The van der Waals surface area contributed by atoms with E-state index in [1.807, 2.05) is 50.2 Å². The Kier molecular flexibility index (Phi) is 6.34. The van der Waals surface area contributed by atoms with E-state index in [0.29, 0.717) is 23.0 Å². The van der Waals surface area contributed by atoms with Crippen LogP contribution in [0.15, 0.2) is 53.4 Å². The van der Waals surface area contributed by atoms with Gasteiger partial charge in [0.1, 0.15) is 35.9 Å². The molecule has 10 heteroatoms. The number of carbonyl (C=O) groups is 1. The summed E-state index contributed by atoms with van der Waals surface area (Å²) in [6.07, 6.45) is -7.04. The zero-order valence-corrected chi connectivity index (χ0v) is 21.6. The molecule has 5 unspecified atom stereocenters.